The number of hydrogen-bond donors (Lipinski definition) is 2. The molecule has 26 heavy (non-hydrogen) atoms. The van der Waals surface area contributed by atoms with Gasteiger partial charge in [-0.25, -0.2) is 0 Å². The van der Waals surface area contributed by atoms with Crippen molar-refractivity contribution in [3.63, 3.8) is 0 Å². The highest BCUT2D eigenvalue weighted by atomic mass is 32.2. The first-order chi connectivity index (χ1) is 12.8. The van der Waals surface area contributed by atoms with Crippen LogP contribution < -0.4 is 4.90 Å². The van der Waals surface area contributed by atoms with Gasteiger partial charge in [-0.2, -0.15) is 0 Å². The Balaban J connectivity index is 1.79. The Hall–Kier alpha value is -1.53. The summed E-state index contributed by atoms with van der Waals surface area (Å²) in [7, 11) is 0. The number of rotatable bonds is 9. The number of benzene rings is 2. The van der Waals surface area contributed by atoms with E-state index in [1.165, 1.54) is 26.7 Å². The Labute approximate surface area is 160 Å². The van der Waals surface area contributed by atoms with Crippen LogP contribution in [0, 0.1) is 0 Å². The standard InChI is InChI=1S/C21H28N2O2S/c1-2-17-8-9-21-19(16-17)23(18-6-3-4-7-20(18)26-21)11-5-10-22(12-14-24)13-15-25/h3-4,6-9,16,24-25H,2,5,10-15H2,1H3. The van der Waals surface area contributed by atoms with Crippen LogP contribution in [-0.4, -0.2) is 54.5 Å². The van der Waals surface area contributed by atoms with Crippen molar-refractivity contribution in [2.24, 2.45) is 0 Å². The van der Waals surface area contributed by atoms with Gasteiger partial charge in [-0.3, -0.25) is 4.90 Å². The minimum atomic E-state index is 0.131. The van der Waals surface area contributed by atoms with Crippen LogP contribution in [0.25, 0.3) is 0 Å². The summed E-state index contributed by atoms with van der Waals surface area (Å²) in [6, 6.07) is 15.4. The van der Waals surface area contributed by atoms with Gasteiger partial charge in [-0.15, -0.1) is 0 Å². The molecule has 0 amide bonds. The van der Waals surface area contributed by atoms with Crippen molar-refractivity contribution in [2.75, 3.05) is 44.3 Å². The molecule has 0 bridgehead atoms. The number of aryl methyl sites for hydroxylation is 1. The van der Waals surface area contributed by atoms with Gasteiger partial charge in [0.2, 0.25) is 0 Å². The Morgan fingerprint density at radius 1 is 0.923 bits per heavy atom. The van der Waals surface area contributed by atoms with Gasteiger partial charge in [0.1, 0.15) is 0 Å². The first kappa shape index (κ1) is 19.2. The molecule has 0 spiro atoms. The lowest BCUT2D eigenvalue weighted by atomic mass is 10.1. The van der Waals surface area contributed by atoms with Gasteiger partial charge >= 0.3 is 0 Å². The van der Waals surface area contributed by atoms with Gasteiger partial charge in [0.25, 0.3) is 0 Å². The topological polar surface area (TPSA) is 46.9 Å². The van der Waals surface area contributed by atoms with E-state index >= 15 is 0 Å². The molecular weight excluding hydrogens is 344 g/mol. The predicted molar refractivity (Wildman–Crippen MR) is 109 cm³/mol. The molecule has 1 aliphatic rings. The summed E-state index contributed by atoms with van der Waals surface area (Å²) in [6.45, 7) is 5.48. The fourth-order valence-corrected chi connectivity index (χ4v) is 4.48. The average molecular weight is 373 g/mol. The molecule has 0 saturated heterocycles. The molecule has 0 unspecified atom stereocenters. The van der Waals surface area contributed by atoms with Crippen LogP contribution in [0.3, 0.4) is 0 Å². The second kappa shape index (κ2) is 9.42. The van der Waals surface area contributed by atoms with Crippen molar-refractivity contribution in [2.45, 2.75) is 29.6 Å². The highest BCUT2D eigenvalue weighted by Gasteiger charge is 2.23. The van der Waals surface area contributed by atoms with E-state index in [9.17, 15) is 10.2 Å². The highest BCUT2D eigenvalue weighted by Crippen LogP contribution is 2.48. The molecule has 2 aromatic rings. The summed E-state index contributed by atoms with van der Waals surface area (Å²) in [5.74, 6) is 0. The summed E-state index contributed by atoms with van der Waals surface area (Å²) in [6.07, 6.45) is 2.02. The molecule has 0 aromatic heterocycles. The average Bonchev–Trinajstić information content (AvgIpc) is 2.67. The van der Waals surface area contributed by atoms with Gasteiger partial charge in [0.05, 0.1) is 24.6 Å². The zero-order valence-corrected chi connectivity index (χ0v) is 16.2. The minimum absolute atomic E-state index is 0.131. The van der Waals surface area contributed by atoms with E-state index in [-0.39, 0.29) is 13.2 Å². The van der Waals surface area contributed by atoms with Gasteiger partial charge < -0.3 is 15.1 Å². The van der Waals surface area contributed by atoms with E-state index in [0.717, 1.165) is 25.9 Å². The lowest BCUT2D eigenvalue weighted by Crippen LogP contribution is -2.33. The SMILES string of the molecule is CCc1ccc2c(c1)N(CCCN(CCO)CCO)c1ccccc1S2. The third-order valence-electron chi connectivity index (χ3n) is 4.79. The number of hydrogen-bond acceptors (Lipinski definition) is 5. The lowest BCUT2D eigenvalue weighted by molar-refractivity contribution is 0.160. The van der Waals surface area contributed by atoms with Gasteiger partial charge in [0, 0.05) is 36.0 Å². The summed E-state index contributed by atoms with van der Waals surface area (Å²) in [4.78, 5) is 7.15. The maximum Gasteiger partial charge on any atom is 0.0558 e. The van der Waals surface area contributed by atoms with Crippen LogP contribution >= 0.6 is 11.8 Å². The van der Waals surface area contributed by atoms with E-state index in [0.29, 0.717) is 13.1 Å². The van der Waals surface area contributed by atoms with Gasteiger partial charge in [-0.1, -0.05) is 36.9 Å². The third kappa shape index (κ3) is 4.41. The second-order valence-corrected chi connectivity index (χ2v) is 7.60. The first-order valence-corrected chi connectivity index (χ1v) is 10.2. The highest BCUT2D eigenvalue weighted by molar-refractivity contribution is 7.99. The Kier molecular flexibility index (Phi) is 6.97. The molecule has 0 atom stereocenters. The maximum absolute atomic E-state index is 9.19. The molecular formula is C21H28N2O2S. The molecule has 0 radical (unpaired) electrons. The molecule has 0 aliphatic carbocycles. The summed E-state index contributed by atoms with van der Waals surface area (Å²) in [5, 5.41) is 18.4. The smallest absolute Gasteiger partial charge is 0.0558 e. The number of para-hydroxylation sites is 1. The Morgan fingerprint density at radius 3 is 2.38 bits per heavy atom. The maximum atomic E-state index is 9.19. The van der Waals surface area contributed by atoms with Crippen LogP contribution in [-0.2, 0) is 6.42 Å². The molecule has 1 heterocycles. The van der Waals surface area contributed by atoms with E-state index in [2.05, 4.69) is 59.2 Å². The zero-order chi connectivity index (χ0) is 18.4. The van der Waals surface area contributed by atoms with E-state index in [1.54, 1.807) is 0 Å². The number of aliphatic hydroxyl groups excluding tert-OH is 2. The third-order valence-corrected chi connectivity index (χ3v) is 5.92. The van der Waals surface area contributed by atoms with Crippen molar-refractivity contribution in [3.8, 4) is 0 Å². The number of fused-ring (bicyclic) bond motifs is 2. The normalized spacial score (nSPS) is 13.0. The molecule has 5 heteroatoms. The predicted octanol–water partition coefficient (Wildman–Crippen LogP) is 3.53. The van der Waals surface area contributed by atoms with E-state index in [1.807, 2.05) is 11.8 Å². The van der Waals surface area contributed by atoms with Crippen molar-refractivity contribution >= 4 is 23.1 Å². The summed E-state index contributed by atoms with van der Waals surface area (Å²) >= 11 is 1.84. The van der Waals surface area contributed by atoms with Crippen molar-refractivity contribution < 1.29 is 10.2 Å². The molecule has 1 aliphatic heterocycles. The van der Waals surface area contributed by atoms with Crippen molar-refractivity contribution in [3.05, 3.63) is 48.0 Å². The summed E-state index contributed by atoms with van der Waals surface area (Å²) < 4.78 is 0. The molecule has 2 aromatic carbocycles. The fraction of sp³-hybridized carbons (Fsp3) is 0.429. The van der Waals surface area contributed by atoms with Crippen LogP contribution in [0.2, 0.25) is 0 Å². The van der Waals surface area contributed by atoms with Crippen LogP contribution in [0.5, 0.6) is 0 Å². The largest absolute Gasteiger partial charge is 0.395 e. The lowest BCUT2D eigenvalue weighted by Gasteiger charge is -2.34. The molecule has 0 fully saturated rings. The second-order valence-electron chi connectivity index (χ2n) is 6.52. The number of nitrogens with zero attached hydrogens (tertiary/aromatic N) is 2. The Morgan fingerprint density at radius 2 is 1.65 bits per heavy atom. The van der Waals surface area contributed by atoms with Gasteiger partial charge in [0.15, 0.2) is 0 Å². The van der Waals surface area contributed by atoms with Crippen LogP contribution in [0.15, 0.2) is 52.3 Å². The van der Waals surface area contributed by atoms with E-state index < -0.39 is 0 Å². The molecule has 0 saturated carbocycles. The molecule has 2 N–H and O–H groups in total. The van der Waals surface area contributed by atoms with E-state index in [4.69, 9.17) is 0 Å². The minimum Gasteiger partial charge on any atom is -0.395 e. The van der Waals surface area contributed by atoms with Crippen molar-refractivity contribution in [1.29, 1.82) is 0 Å². The van der Waals surface area contributed by atoms with Crippen molar-refractivity contribution in [1.82, 2.24) is 4.90 Å². The molecule has 140 valence electrons. The molecule has 3 rings (SSSR count). The monoisotopic (exact) mass is 372 g/mol. The molecule has 4 nitrogen and oxygen atoms in total. The zero-order valence-electron chi connectivity index (χ0n) is 15.4. The van der Waals surface area contributed by atoms with Gasteiger partial charge in [-0.05, 0) is 42.7 Å². The quantitative estimate of drug-likeness (QED) is 0.705. The summed E-state index contributed by atoms with van der Waals surface area (Å²) in [5.41, 5.74) is 3.92. The van der Waals surface area contributed by atoms with Crippen LogP contribution in [0.1, 0.15) is 18.9 Å². The number of aliphatic hydroxyl groups is 2. The van der Waals surface area contributed by atoms with Crippen LogP contribution in [0.4, 0.5) is 11.4 Å². The number of anilines is 2. The first-order valence-electron chi connectivity index (χ1n) is 9.38. The fourth-order valence-electron chi connectivity index (χ4n) is 3.41. The Bertz CT molecular complexity index is 717.